The average Bonchev–Trinajstić information content (AvgIpc) is 2.89. The van der Waals surface area contributed by atoms with Crippen LogP contribution in [0, 0.1) is 12.8 Å². The number of aromatic nitrogens is 1. The van der Waals surface area contributed by atoms with Crippen LogP contribution in [0.25, 0.3) is 0 Å². The molecule has 1 saturated heterocycles. The average molecular weight is 280 g/mol. The van der Waals surface area contributed by atoms with Gasteiger partial charge in [-0.15, -0.1) is 0 Å². The Morgan fingerprint density at radius 2 is 2.15 bits per heavy atom. The van der Waals surface area contributed by atoms with Crippen molar-refractivity contribution in [2.45, 2.75) is 32.4 Å². The molecule has 1 spiro atoms. The van der Waals surface area contributed by atoms with Gasteiger partial charge in [-0.1, -0.05) is 18.5 Å². The SMILES string of the molecule is CCC1CN(C)C2(C1)OC(=O)C(=O)Oc1c(C)noc12. The molecule has 7 nitrogen and oxygen atoms in total. The molecule has 0 aliphatic carbocycles. The molecule has 1 aromatic rings. The van der Waals surface area contributed by atoms with Crippen molar-refractivity contribution in [3.63, 3.8) is 0 Å². The molecule has 0 aromatic carbocycles. The molecule has 1 fully saturated rings. The van der Waals surface area contributed by atoms with Gasteiger partial charge in [-0.3, -0.25) is 4.90 Å². The summed E-state index contributed by atoms with van der Waals surface area (Å²) in [6.07, 6.45) is 1.50. The Balaban J connectivity index is 2.14. The lowest BCUT2D eigenvalue weighted by Crippen LogP contribution is -2.42. The summed E-state index contributed by atoms with van der Waals surface area (Å²) >= 11 is 0. The topological polar surface area (TPSA) is 81.9 Å². The number of carbonyl (C=O) groups excluding carboxylic acids is 2. The molecule has 2 atom stereocenters. The minimum atomic E-state index is -1.10. The zero-order valence-corrected chi connectivity index (χ0v) is 11.6. The number of rotatable bonds is 1. The molecule has 7 heteroatoms. The van der Waals surface area contributed by atoms with Crippen molar-refractivity contribution in [3.05, 3.63) is 11.5 Å². The molecule has 0 N–H and O–H groups in total. The minimum absolute atomic E-state index is 0.199. The predicted molar refractivity (Wildman–Crippen MR) is 65.7 cm³/mol. The van der Waals surface area contributed by atoms with E-state index < -0.39 is 17.7 Å². The smallest absolute Gasteiger partial charge is 0.423 e. The summed E-state index contributed by atoms with van der Waals surface area (Å²) in [5.74, 6) is -1.20. The van der Waals surface area contributed by atoms with Crippen LogP contribution in [0.3, 0.4) is 0 Å². The second-order valence-electron chi connectivity index (χ2n) is 5.35. The van der Waals surface area contributed by atoms with Crippen LogP contribution in [0.2, 0.25) is 0 Å². The van der Waals surface area contributed by atoms with E-state index >= 15 is 0 Å². The Bertz CT molecular complexity index is 581. The predicted octanol–water partition coefficient (Wildman–Crippen LogP) is 0.960. The van der Waals surface area contributed by atoms with Crippen molar-refractivity contribution >= 4 is 11.9 Å². The number of carbonyl (C=O) groups is 2. The Labute approximate surface area is 115 Å². The number of likely N-dealkylation sites (tertiary alicyclic amines) is 1. The van der Waals surface area contributed by atoms with Crippen LogP contribution < -0.4 is 4.74 Å². The van der Waals surface area contributed by atoms with Crippen LogP contribution in [0.15, 0.2) is 4.52 Å². The molecule has 3 rings (SSSR count). The lowest BCUT2D eigenvalue weighted by Gasteiger charge is -2.31. The van der Waals surface area contributed by atoms with E-state index in [1.54, 1.807) is 6.92 Å². The second-order valence-corrected chi connectivity index (χ2v) is 5.35. The third-order valence-corrected chi connectivity index (χ3v) is 4.08. The van der Waals surface area contributed by atoms with Gasteiger partial charge in [0.05, 0.1) is 0 Å². The lowest BCUT2D eigenvalue weighted by molar-refractivity contribution is -0.187. The van der Waals surface area contributed by atoms with Crippen molar-refractivity contribution in [3.8, 4) is 5.75 Å². The van der Waals surface area contributed by atoms with Crippen molar-refractivity contribution in [1.29, 1.82) is 0 Å². The highest BCUT2D eigenvalue weighted by Gasteiger charge is 2.56. The number of aryl methyl sites for hydroxylation is 1. The summed E-state index contributed by atoms with van der Waals surface area (Å²) in [6, 6.07) is 0. The first kappa shape index (κ1) is 13.1. The van der Waals surface area contributed by atoms with Gasteiger partial charge >= 0.3 is 11.9 Å². The molecule has 2 aliphatic heterocycles. The molecule has 2 aliphatic rings. The molecule has 3 heterocycles. The quantitative estimate of drug-likeness (QED) is 0.559. The number of esters is 2. The van der Waals surface area contributed by atoms with Gasteiger partial charge < -0.3 is 14.0 Å². The van der Waals surface area contributed by atoms with Gasteiger partial charge in [0.1, 0.15) is 5.69 Å². The van der Waals surface area contributed by atoms with Gasteiger partial charge in [-0.05, 0) is 19.9 Å². The summed E-state index contributed by atoms with van der Waals surface area (Å²) in [5, 5.41) is 3.83. The van der Waals surface area contributed by atoms with E-state index in [4.69, 9.17) is 14.0 Å². The van der Waals surface area contributed by atoms with Crippen LogP contribution in [0.1, 0.15) is 31.2 Å². The van der Waals surface area contributed by atoms with E-state index in [1.165, 1.54) is 0 Å². The zero-order valence-electron chi connectivity index (χ0n) is 11.6. The van der Waals surface area contributed by atoms with E-state index in [1.807, 2.05) is 11.9 Å². The molecular weight excluding hydrogens is 264 g/mol. The summed E-state index contributed by atoms with van der Waals surface area (Å²) in [4.78, 5) is 25.3. The van der Waals surface area contributed by atoms with Gasteiger partial charge in [0, 0.05) is 13.0 Å². The van der Waals surface area contributed by atoms with Crippen LogP contribution in [0.4, 0.5) is 0 Å². The third-order valence-electron chi connectivity index (χ3n) is 4.08. The standard InChI is InChI=1S/C13H16N2O5/c1-4-8-5-13(15(3)6-8)10-9(7(2)14-20-10)18-11(16)12(17)19-13/h8H,4-6H2,1-3H3. The Kier molecular flexibility index (Phi) is 2.82. The van der Waals surface area contributed by atoms with Gasteiger partial charge in [0.15, 0.2) is 0 Å². The normalized spacial score (nSPS) is 30.1. The van der Waals surface area contributed by atoms with Crippen molar-refractivity contribution in [1.82, 2.24) is 10.1 Å². The molecule has 0 bridgehead atoms. The molecule has 1 aromatic heterocycles. The van der Waals surface area contributed by atoms with Crippen LogP contribution in [0.5, 0.6) is 5.75 Å². The first-order chi connectivity index (χ1) is 9.48. The highest BCUT2D eigenvalue weighted by atomic mass is 16.6. The van der Waals surface area contributed by atoms with Gasteiger partial charge in [0.25, 0.3) is 0 Å². The van der Waals surface area contributed by atoms with Crippen molar-refractivity contribution < 1.29 is 23.6 Å². The lowest BCUT2D eigenvalue weighted by atomic mass is 9.98. The Morgan fingerprint density at radius 3 is 2.80 bits per heavy atom. The maximum Gasteiger partial charge on any atom is 0.423 e. The number of hydrogen-bond donors (Lipinski definition) is 0. The van der Waals surface area contributed by atoms with Crippen molar-refractivity contribution in [2.24, 2.45) is 5.92 Å². The summed E-state index contributed by atoms with van der Waals surface area (Å²) in [7, 11) is 1.83. The first-order valence-corrected chi connectivity index (χ1v) is 6.61. The molecule has 0 saturated carbocycles. The Morgan fingerprint density at radius 1 is 1.40 bits per heavy atom. The largest absolute Gasteiger partial charge is 0.427 e. The number of nitrogens with zero attached hydrogens (tertiary/aromatic N) is 2. The van der Waals surface area contributed by atoms with E-state index in [0.29, 0.717) is 23.8 Å². The first-order valence-electron chi connectivity index (χ1n) is 6.61. The molecule has 0 amide bonds. The maximum atomic E-state index is 11.8. The molecule has 2 unspecified atom stereocenters. The summed E-state index contributed by atoms with van der Waals surface area (Å²) < 4.78 is 15.8. The molecule has 0 radical (unpaired) electrons. The zero-order chi connectivity index (χ0) is 14.5. The maximum absolute atomic E-state index is 11.8. The number of hydrogen-bond acceptors (Lipinski definition) is 7. The fourth-order valence-corrected chi connectivity index (χ4v) is 2.91. The summed E-state index contributed by atoms with van der Waals surface area (Å²) in [5.41, 5.74) is -0.667. The third kappa shape index (κ3) is 1.66. The minimum Gasteiger partial charge on any atom is -0.427 e. The fraction of sp³-hybridized carbons (Fsp3) is 0.615. The van der Waals surface area contributed by atoms with E-state index in [9.17, 15) is 9.59 Å². The van der Waals surface area contributed by atoms with Crippen LogP contribution >= 0.6 is 0 Å². The summed E-state index contributed by atoms with van der Waals surface area (Å²) in [6.45, 7) is 4.48. The van der Waals surface area contributed by atoms with E-state index in [0.717, 1.165) is 13.0 Å². The van der Waals surface area contributed by atoms with Crippen LogP contribution in [-0.4, -0.2) is 35.6 Å². The second kappa shape index (κ2) is 4.31. The van der Waals surface area contributed by atoms with E-state index in [2.05, 4.69) is 12.1 Å². The van der Waals surface area contributed by atoms with Crippen LogP contribution in [-0.2, 0) is 20.1 Å². The van der Waals surface area contributed by atoms with Gasteiger partial charge in [-0.25, -0.2) is 9.59 Å². The number of ether oxygens (including phenoxy) is 2. The molecular formula is C13H16N2O5. The van der Waals surface area contributed by atoms with Gasteiger partial charge in [0.2, 0.25) is 17.2 Å². The Hall–Kier alpha value is -1.89. The monoisotopic (exact) mass is 280 g/mol. The number of fused-ring (bicyclic) bond motifs is 2. The highest BCUT2D eigenvalue weighted by molar-refractivity contribution is 6.30. The van der Waals surface area contributed by atoms with E-state index in [-0.39, 0.29) is 5.75 Å². The van der Waals surface area contributed by atoms with Crippen molar-refractivity contribution in [2.75, 3.05) is 13.6 Å². The van der Waals surface area contributed by atoms with Gasteiger partial charge in [-0.2, -0.15) is 0 Å². The molecule has 20 heavy (non-hydrogen) atoms. The highest BCUT2D eigenvalue weighted by Crippen LogP contribution is 2.48. The molecule has 108 valence electrons. The fourth-order valence-electron chi connectivity index (χ4n) is 2.91.